The van der Waals surface area contributed by atoms with Crippen LogP contribution >= 0.6 is 0 Å². The van der Waals surface area contributed by atoms with Crippen LogP contribution in [0.15, 0.2) is 42.0 Å². The van der Waals surface area contributed by atoms with Gasteiger partial charge in [0.1, 0.15) is 6.61 Å². The van der Waals surface area contributed by atoms with Gasteiger partial charge in [0.25, 0.3) is 0 Å². The molecule has 2 aromatic carbocycles. The average molecular weight is 423 g/mol. The van der Waals surface area contributed by atoms with Crippen LogP contribution in [0.25, 0.3) is 0 Å². The summed E-state index contributed by atoms with van der Waals surface area (Å²) < 4.78 is 73.6. The summed E-state index contributed by atoms with van der Waals surface area (Å²) in [6.45, 7) is 0.122. The third-order valence-electron chi connectivity index (χ3n) is 5.59. The quantitative estimate of drug-likeness (QED) is 0.284. The highest BCUT2D eigenvalue weighted by Crippen LogP contribution is 2.37. The van der Waals surface area contributed by atoms with Crippen molar-refractivity contribution in [2.24, 2.45) is 0 Å². The molecule has 0 radical (unpaired) electrons. The summed E-state index contributed by atoms with van der Waals surface area (Å²) in [5.74, 6) is -9.70. The summed E-state index contributed by atoms with van der Waals surface area (Å²) >= 11 is 0. The van der Waals surface area contributed by atoms with Crippen molar-refractivity contribution in [2.75, 3.05) is 0 Å². The monoisotopic (exact) mass is 423 g/mol. The lowest BCUT2D eigenvalue weighted by atomic mass is 9.94. The number of nitrogens with zero attached hydrogens (tertiary/aromatic N) is 1. The van der Waals surface area contributed by atoms with Crippen LogP contribution in [0.3, 0.4) is 0 Å². The maximum absolute atomic E-state index is 14.0. The van der Waals surface area contributed by atoms with Gasteiger partial charge in [0, 0.05) is 11.6 Å². The number of carbonyl (C=O) groups is 1. The standard InChI is InChI=1S/C22H18F5NO2/c23-17-16(18(24)20(26)21(27)19(17)25)10-13-8-14-6-7-15(9-13)28(14)22(29)30-11-12-4-2-1-3-5-12/h1-5,8,14-15H,6-7,9-11H2. The smallest absolute Gasteiger partial charge is 0.410 e. The largest absolute Gasteiger partial charge is 0.445 e. The molecule has 0 aliphatic carbocycles. The molecule has 0 saturated carbocycles. The number of amides is 1. The minimum Gasteiger partial charge on any atom is -0.445 e. The molecule has 2 aliphatic rings. The Labute approximate surface area is 169 Å². The Kier molecular flexibility index (Phi) is 5.49. The van der Waals surface area contributed by atoms with E-state index in [0.29, 0.717) is 18.4 Å². The molecule has 158 valence electrons. The van der Waals surface area contributed by atoms with Crippen molar-refractivity contribution in [2.45, 2.75) is 44.4 Å². The first kappa shape index (κ1) is 20.4. The predicted molar refractivity (Wildman–Crippen MR) is 97.9 cm³/mol. The Morgan fingerprint density at radius 1 is 0.933 bits per heavy atom. The van der Waals surface area contributed by atoms with Crippen LogP contribution in [0.5, 0.6) is 0 Å². The van der Waals surface area contributed by atoms with Crippen molar-refractivity contribution < 1.29 is 31.5 Å². The number of ether oxygens (including phenoxy) is 1. The normalized spacial score (nSPS) is 20.3. The number of halogens is 5. The molecule has 8 heteroatoms. The highest BCUT2D eigenvalue weighted by molar-refractivity contribution is 5.70. The molecule has 4 rings (SSSR count). The first-order valence-electron chi connectivity index (χ1n) is 9.55. The summed E-state index contributed by atoms with van der Waals surface area (Å²) in [5, 5.41) is 0. The van der Waals surface area contributed by atoms with Gasteiger partial charge in [-0.1, -0.05) is 42.0 Å². The van der Waals surface area contributed by atoms with E-state index in [1.165, 1.54) is 0 Å². The van der Waals surface area contributed by atoms with E-state index >= 15 is 0 Å². The summed E-state index contributed by atoms with van der Waals surface area (Å²) in [6.07, 6.45) is 2.39. The van der Waals surface area contributed by atoms with Gasteiger partial charge in [-0.25, -0.2) is 26.7 Å². The van der Waals surface area contributed by atoms with Gasteiger partial charge in [0.2, 0.25) is 5.82 Å². The van der Waals surface area contributed by atoms with E-state index in [9.17, 15) is 26.7 Å². The molecule has 1 amide bonds. The molecule has 2 unspecified atom stereocenters. The second-order valence-corrected chi connectivity index (χ2v) is 7.50. The number of hydrogen-bond donors (Lipinski definition) is 0. The highest BCUT2D eigenvalue weighted by Gasteiger charge is 2.41. The third kappa shape index (κ3) is 3.66. The zero-order chi connectivity index (χ0) is 21.4. The fraction of sp³-hybridized carbons (Fsp3) is 0.318. The molecule has 0 aromatic heterocycles. The van der Waals surface area contributed by atoms with Gasteiger partial charge in [0.15, 0.2) is 23.3 Å². The molecule has 3 nitrogen and oxygen atoms in total. The van der Waals surface area contributed by atoms with Crippen LogP contribution in [0.1, 0.15) is 30.4 Å². The molecule has 0 N–H and O–H groups in total. The maximum Gasteiger partial charge on any atom is 0.410 e. The molecule has 1 saturated heterocycles. The number of hydrogen-bond acceptors (Lipinski definition) is 2. The maximum atomic E-state index is 14.0. The zero-order valence-electron chi connectivity index (χ0n) is 15.8. The second kappa shape index (κ2) is 8.08. The van der Waals surface area contributed by atoms with E-state index in [4.69, 9.17) is 4.74 Å². The Morgan fingerprint density at radius 3 is 2.20 bits per heavy atom. The lowest BCUT2D eigenvalue weighted by molar-refractivity contribution is 0.0815. The third-order valence-corrected chi connectivity index (χ3v) is 5.59. The first-order chi connectivity index (χ1) is 14.4. The average Bonchev–Trinajstić information content (AvgIpc) is 3.03. The molecule has 1 fully saturated rings. The van der Waals surface area contributed by atoms with Crippen LogP contribution in [0, 0.1) is 29.1 Å². The molecular formula is C22H18F5NO2. The van der Waals surface area contributed by atoms with E-state index in [0.717, 1.165) is 5.56 Å². The molecule has 2 heterocycles. The molecule has 2 aliphatic heterocycles. The van der Waals surface area contributed by atoms with E-state index in [1.807, 2.05) is 30.3 Å². The van der Waals surface area contributed by atoms with E-state index in [2.05, 4.69) is 0 Å². The van der Waals surface area contributed by atoms with Gasteiger partial charge >= 0.3 is 6.09 Å². The topological polar surface area (TPSA) is 29.5 Å². The molecular weight excluding hydrogens is 405 g/mol. The summed E-state index contributed by atoms with van der Waals surface area (Å²) in [6, 6.07) is 8.63. The number of benzene rings is 2. The van der Waals surface area contributed by atoms with Crippen molar-refractivity contribution in [3.05, 3.63) is 82.2 Å². The van der Waals surface area contributed by atoms with Crippen molar-refractivity contribution in [3.8, 4) is 0 Å². The van der Waals surface area contributed by atoms with Gasteiger partial charge < -0.3 is 4.74 Å². The van der Waals surface area contributed by atoms with Crippen molar-refractivity contribution in [3.63, 3.8) is 0 Å². The Bertz CT molecular complexity index is 979. The first-order valence-corrected chi connectivity index (χ1v) is 9.55. The van der Waals surface area contributed by atoms with Crippen molar-refractivity contribution in [1.82, 2.24) is 4.90 Å². The van der Waals surface area contributed by atoms with Gasteiger partial charge in [-0.15, -0.1) is 0 Å². The lowest BCUT2D eigenvalue weighted by Gasteiger charge is -2.33. The van der Waals surface area contributed by atoms with Crippen LogP contribution in [0.2, 0.25) is 0 Å². The van der Waals surface area contributed by atoms with Gasteiger partial charge in [-0.05, 0) is 31.2 Å². The molecule has 2 atom stereocenters. The highest BCUT2D eigenvalue weighted by atomic mass is 19.2. The molecule has 30 heavy (non-hydrogen) atoms. The van der Waals surface area contributed by atoms with E-state index in [1.54, 1.807) is 11.0 Å². The molecule has 2 bridgehead atoms. The van der Waals surface area contributed by atoms with Gasteiger partial charge in [-0.2, -0.15) is 0 Å². The van der Waals surface area contributed by atoms with Crippen molar-refractivity contribution in [1.29, 1.82) is 0 Å². The molecule has 2 aromatic rings. The molecule has 0 spiro atoms. The minimum atomic E-state index is -2.17. The van der Waals surface area contributed by atoms with Crippen LogP contribution in [0.4, 0.5) is 26.7 Å². The lowest BCUT2D eigenvalue weighted by Crippen LogP contribution is -2.43. The predicted octanol–water partition coefficient (Wildman–Crippen LogP) is 5.42. The fourth-order valence-electron chi connectivity index (χ4n) is 4.16. The van der Waals surface area contributed by atoms with Gasteiger partial charge in [0.05, 0.1) is 6.04 Å². The van der Waals surface area contributed by atoms with E-state index < -0.39 is 47.2 Å². The van der Waals surface area contributed by atoms with Crippen LogP contribution in [-0.2, 0) is 17.8 Å². The second-order valence-electron chi connectivity index (χ2n) is 7.50. The summed E-state index contributed by atoms with van der Waals surface area (Å²) in [7, 11) is 0. The van der Waals surface area contributed by atoms with Gasteiger partial charge in [-0.3, -0.25) is 4.90 Å². The number of fused-ring (bicyclic) bond motifs is 2. The van der Waals surface area contributed by atoms with Crippen molar-refractivity contribution >= 4 is 6.09 Å². The van der Waals surface area contributed by atoms with Crippen LogP contribution in [-0.4, -0.2) is 23.1 Å². The minimum absolute atomic E-state index is 0.122. The Balaban J connectivity index is 1.49. The SMILES string of the molecule is O=C(OCc1ccccc1)N1C2C=C(Cc3c(F)c(F)c(F)c(F)c3F)CC1CC2. The Hall–Kier alpha value is -2.90. The van der Waals surface area contributed by atoms with Crippen LogP contribution < -0.4 is 0 Å². The number of rotatable bonds is 4. The summed E-state index contributed by atoms with van der Waals surface area (Å²) in [4.78, 5) is 14.1. The zero-order valence-corrected chi connectivity index (χ0v) is 15.8. The van der Waals surface area contributed by atoms with E-state index in [-0.39, 0.29) is 25.1 Å². The Morgan fingerprint density at radius 2 is 1.57 bits per heavy atom. The fourth-order valence-corrected chi connectivity index (χ4v) is 4.16. The number of carbonyl (C=O) groups excluding carboxylic acids is 1. The summed E-state index contributed by atoms with van der Waals surface area (Å²) in [5.41, 5.74) is 0.535.